The maximum absolute atomic E-state index is 13.0. The molecular formula is C17H17N5O3S2. The molecule has 0 aliphatic carbocycles. The summed E-state index contributed by atoms with van der Waals surface area (Å²) in [6, 6.07) is 4.91. The number of hydrogen-bond donors (Lipinski definition) is 1. The minimum Gasteiger partial charge on any atom is -0.506 e. The van der Waals surface area contributed by atoms with E-state index < -0.39 is 10.0 Å². The van der Waals surface area contributed by atoms with Gasteiger partial charge < -0.3 is 10.0 Å². The molecule has 3 aromatic rings. The fourth-order valence-electron chi connectivity index (χ4n) is 2.92. The molecule has 10 heteroatoms. The zero-order valence-electron chi connectivity index (χ0n) is 14.3. The third kappa shape index (κ3) is 3.64. The van der Waals surface area contributed by atoms with Gasteiger partial charge >= 0.3 is 0 Å². The molecule has 1 N–H and O–H groups in total. The van der Waals surface area contributed by atoms with E-state index in [2.05, 4.69) is 15.0 Å². The van der Waals surface area contributed by atoms with E-state index >= 15 is 0 Å². The lowest BCUT2D eigenvalue weighted by Gasteiger charge is -2.34. The summed E-state index contributed by atoms with van der Waals surface area (Å²) in [7, 11) is -3.56. The van der Waals surface area contributed by atoms with Crippen molar-refractivity contribution in [2.75, 3.05) is 31.1 Å². The topological polar surface area (TPSA) is 99.5 Å². The highest BCUT2D eigenvalue weighted by Gasteiger charge is 2.30. The molecule has 140 valence electrons. The standard InChI is InChI=1S/C17H17N5O3S2/c23-14-9-13(10-19-11-14)15-1-2-17(26-15)27(24,25)22-7-5-21(6-8-22)16-12-18-3-4-20-16/h1-4,9-12,23H,5-8H2. The Morgan fingerprint density at radius 2 is 1.81 bits per heavy atom. The van der Waals surface area contributed by atoms with Gasteiger partial charge in [0, 0.05) is 55.2 Å². The summed E-state index contributed by atoms with van der Waals surface area (Å²) in [5.74, 6) is 0.801. The van der Waals surface area contributed by atoms with Crippen LogP contribution in [0.1, 0.15) is 0 Å². The molecule has 1 aliphatic heterocycles. The van der Waals surface area contributed by atoms with E-state index in [9.17, 15) is 13.5 Å². The molecule has 3 aromatic heterocycles. The maximum atomic E-state index is 13.0. The number of anilines is 1. The SMILES string of the molecule is O=S(=O)(c1ccc(-c2cncc(O)c2)s1)N1CCN(c2cnccn2)CC1. The maximum Gasteiger partial charge on any atom is 0.252 e. The fourth-order valence-corrected chi connectivity index (χ4v) is 5.78. The van der Waals surface area contributed by atoms with Crippen LogP contribution in [0.3, 0.4) is 0 Å². The molecule has 8 nitrogen and oxygen atoms in total. The Hall–Kier alpha value is -2.56. The number of thiophene rings is 1. The second kappa shape index (κ2) is 7.22. The Kier molecular flexibility index (Phi) is 4.77. The van der Waals surface area contributed by atoms with Crippen LogP contribution in [-0.4, -0.2) is 59.0 Å². The molecule has 0 saturated carbocycles. The number of hydrogen-bond acceptors (Lipinski definition) is 8. The predicted molar refractivity (Wildman–Crippen MR) is 102 cm³/mol. The van der Waals surface area contributed by atoms with Gasteiger partial charge in [0.15, 0.2) is 0 Å². The van der Waals surface area contributed by atoms with Crippen LogP contribution in [0.4, 0.5) is 5.82 Å². The fraction of sp³-hybridized carbons (Fsp3) is 0.235. The molecule has 0 spiro atoms. The molecule has 0 amide bonds. The van der Waals surface area contributed by atoms with Crippen LogP contribution in [0, 0.1) is 0 Å². The first kappa shape index (κ1) is 17.8. The van der Waals surface area contributed by atoms with Crippen LogP contribution in [0.25, 0.3) is 10.4 Å². The van der Waals surface area contributed by atoms with Gasteiger partial charge in [-0.05, 0) is 18.2 Å². The van der Waals surface area contributed by atoms with Gasteiger partial charge in [0.2, 0.25) is 0 Å². The van der Waals surface area contributed by atoms with Gasteiger partial charge in [0.25, 0.3) is 10.0 Å². The van der Waals surface area contributed by atoms with Crippen LogP contribution in [0.2, 0.25) is 0 Å². The first-order valence-electron chi connectivity index (χ1n) is 8.29. The molecule has 4 rings (SSSR count). The summed E-state index contributed by atoms with van der Waals surface area (Å²) in [5, 5.41) is 9.57. The lowest BCUT2D eigenvalue weighted by Crippen LogP contribution is -2.48. The van der Waals surface area contributed by atoms with Gasteiger partial charge in [-0.3, -0.25) is 9.97 Å². The van der Waals surface area contributed by atoms with Crippen LogP contribution >= 0.6 is 11.3 Å². The van der Waals surface area contributed by atoms with E-state index in [1.165, 1.54) is 21.8 Å². The molecule has 0 aromatic carbocycles. The van der Waals surface area contributed by atoms with Crippen molar-refractivity contribution in [2.24, 2.45) is 0 Å². The summed E-state index contributed by atoms with van der Waals surface area (Å²) < 4.78 is 27.7. The molecule has 1 aliphatic rings. The first-order valence-corrected chi connectivity index (χ1v) is 10.5. The summed E-state index contributed by atoms with van der Waals surface area (Å²) in [6.45, 7) is 1.90. The Labute approximate surface area is 160 Å². The predicted octanol–water partition coefficient (Wildman–Crippen LogP) is 1.82. The van der Waals surface area contributed by atoms with Crippen molar-refractivity contribution in [1.29, 1.82) is 0 Å². The van der Waals surface area contributed by atoms with Gasteiger partial charge in [0.05, 0.1) is 12.4 Å². The van der Waals surface area contributed by atoms with Crippen LogP contribution in [0.5, 0.6) is 5.75 Å². The van der Waals surface area contributed by atoms with Crippen molar-refractivity contribution in [1.82, 2.24) is 19.3 Å². The number of sulfonamides is 1. The molecule has 0 radical (unpaired) electrons. The van der Waals surface area contributed by atoms with Gasteiger partial charge in [-0.15, -0.1) is 11.3 Å². The van der Waals surface area contributed by atoms with E-state index in [0.29, 0.717) is 31.7 Å². The normalized spacial score (nSPS) is 15.8. The smallest absolute Gasteiger partial charge is 0.252 e. The highest BCUT2D eigenvalue weighted by atomic mass is 32.2. The second-order valence-corrected chi connectivity index (χ2v) is 9.25. The van der Waals surface area contributed by atoms with Crippen LogP contribution in [-0.2, 0) is 10.0 Å². The van der Waals surface area contributed by atoms with Crippen molar-refractivity contribution in [2.45, 2.75) is 4.21 Å². The lowest BCUT2D eigenvalue weighted by atomic mass is 10.2. The second-order valence-electron chi connectivity index (χ2n) is 6.01. The van der Waals surface area contributed by atoms with E-state index in [0.717, 1.165) is 10.7 Å². The molecule has 27 heavy (non-hydrogen) atoms. The molecule has 1 saturated heterocycles. The van der Waals surface area contributed by atoms with Gasteiger partial charge in [0.1, 0.15) is 15.8 Å². The Bertz CT molecular complexity index is 1030. The number of pyridine rings is 1. The average Bonchev–Trinajstić information content (AvgIpc) is 3.20. The third-order valence-electron chi connectivity index (χ3n) is 4.30. The number of aromatic nitrogens is 3. The molecule has 0 unspecified atom stereocenters. The molecule has 0 atom stereocenters. The van der Waals surface area contributed by atoms with E-state index in [4.69, 9.17) is 0 Å². The average molecular weight is 403 g/mol. The zero-order valence-corrected chi connectivity index (χ0v) is 15.9. The highest BCUT2D eigenvalue weighted by molar-refractivity contribution is 7.91. The monoisotopic (exact) mass is 403 g/mol. The number of aromatic hydroxyl groups is 1. The zero-order chi connectivity index (χ0) is 18.9. The number of piperazine rings is 1. The molecule has 1 fully saturated rings. The van der Waals surface area contributed by atoms with Crippen LogP contribution < -0.4 is 4.90 Å². The molecule has 4 heterocycles. The summed E-state index contributed by atoms with van der Waals surface area (Å²) >= 11 is 1.18. The Morgan fingerprint density at radius 3 is 2.52 bits per heavy atom. The third-order valence-corrected chi connectivity index (χ3v) is 7.80. The number of rotatable bonds is 4. The van der Waals surface area contributed by atoms with Crippen molar-refractivity contribution >= 4 is 27.2 Å². The largest absolute Gasteiger partial charge is 0.506 e. The van der Waals surface area contributed by atoms with Crippen molar-refractivity contribution in [3.8, 4) is 16.2 Å². The molecular weight excluding hydrogens is 386 g/mol. The number of nitrogens with zero attached hydrogens (tertiary/aromatic N) is 5. The Morgan fingerprint density at radius 1 is 1.00 bits per heavy atom. The van der Waals surface area contributed by atoms with Crippen molar-refractivity contribution in [3.63, 3.8) is 0 Å². The minimum absolute atomic E-state index is 0.0467. The van der Waals surface area contributed by atoms with E-state index in [1.807, 2.05) is 4.90 Å². The van der Waals surface area contributed by atoms with Crippen LogP contribution in [0.15, 0.2) is 53.4 Å². The summed E-state index contributed by atoms with van der Waals surface area (Å²) in [6.07, 6.45) is 7.86. The van der Waals surface area contributed by atoms with Gasteiger partial charge in [-0.25, -0.2) is 13.4 Å². The Balaban J connectivity index is 1.50. The van der Waals surface area contributed by atoms with E-state index in [-0.39, 0.29) is 9.96 Å². The highest BCUT2D eigenvalue weighted by Crippen LogP contribution is 2.33. The van der Waals surface area contributed by atoms with Gasteiger partial charge in [-0.1, -0.05) is 0 Å². The lowest BCUT2D eigenvalue weighted by molar-refractivity contribution is 0.384. The van der Waals surface area contributed by atoms with Crippen molar-refractivity contribution in [3.05, 3.63) is 49.2 Å². The van der Waals surface area contributed by atoms with Gasteiger partial charge in [-0.2, -0.15) is 4.31 Å². The summed E-state index contributed by atoms with van der Waals surface area (Å²) in [4.78, 5) is 15.0. The first-order chi connectivity index (χ1) is 13.0. The molecule has 0 bridgehead atoms. The minimum atomic E-state index is -3.56. The quantitative estimate of drug-likeness (QED) is 0.709. The van der Waals surface area contributed by atoms with Crippen molar-refractivity contribution < 1.29 is 13.5 Å². The summed E-state index contributed by atoms with van der Waals surface area (Å²) in [5.41, 5.74) is 0.689. The van der Waals surface area contributed by atoms with E-state index in [1.54, 1.807) is 43.0 Å².